The first kappa shape index (κ1) is 20.2. The van der Waals surface area contributed by atoms with Gasteiger partial charge in [-0.3, -0.25) is 5.43 Å². The van der Waals surface area contributed by atoms with E-state index in [0.29, 0.717) is 28.1 Å². The highest BCUT2D eigenvalue weighted by molar-refractivity contribution is 7.22. The summed E-state index contributed by atoms with van der Waals surface area (Å²) in [6.45, 7) is 0.157. The Morgan fingerprint density at radius 3 is 2.66 bits per heavy atom. The third-order valence-corrected chi connectivity index (χ3v) is 5.75. The Kier molecular flexibility index (Phi) is 5.78. The molecule has 0 saturated heterocycles. The van der Waals surface area contributed by atoms with E-state index in [1.54, 1.807) is 23.6 Å². The molecule has 0 unspecified atom stereocenters. The number of hydrazone groups is 1. The van der Waals surface area contributed by atoms with Gasteiger partial charge in [-0.1, -0.05) is 47.2 Å². The maximum atomic E-state index is 6.17. The zero-order valence-corrected chi connectivity index (χ0v) is 18.2. The summed E-state index contributed by atoms with van der Waals surface area (Å²) in [4.78, 5) is 4.48. The Labute approximate surface area is 192 Å². The van der Waals surface area contributed by atoms with Crippen LogP contribution in [0.25, 0.3) is 21.7 Å². The van der Waals surface area contributed by atoms with Gasteiger partial charge in [-0.15, -0.1) is 10.2 Å². The van der Waals surface area contributed by atoms with Crippen LogP contribution in [-0.4, -0.2) is 21.4 Å². The molecule has 5 rings (SSSR count). The monoisotopic (exact) mass is 461 g/mol. The number of nitrogens with zero attached hydrogens (tertiary/aromatic N) is 4. The van der Waals surface area contributed by atoms with Crippen molar-refractivity contribution in [3.05, 3.63) is 89.3 Å². The minimum Gasteiger partial charge on any atom is -0.484 e. The Bertz CT molecular complexity index is 1350. The lowest BCUT2D eigenvalue weighted by molar-refractivity contribution is 0.264. The second-order valence-electron chi connectivity index (χ2n) is 6.70. The number of hydrogen-bond donors (Lipinski definition) is 1. The third-order valence-electron chi connectivity index (χ3n) is 4.48. The standard InChI is InChI=1S/C23H16ClN5O2S/c24-18-6-2-1-5-17(18)22-28-27-21(31-22)14-30-16-11-9-15(10-12-16)13-25-29-23-26-19-7-3-4-8-20(19)32-23/h1-13H,14H2,(H,26,29)/b25-13+. The van der Waals surface area contributed by atoms with Crippen LogP contribution in [0.2, 0.25) is 5.02 Å². The van der Waals surface area contributed by atoms with E-state index in [9.17, 15) is 0 Å². The van der Waals surface area contributed by atoms with Crippen LogP contribution >= 0.6 is 22.9 Å². The lowest BCUT2D eigenvalue weighted by Gasteiger charge is -2.03. The van der Waals surface area contributed by atoms with Crippen molar-refractivity contribution in [2.45, 2.75) is 6.61 Å². The molecule has 0 aliphatic heterocycles. The molecule has 5 aromatic rings. The van der Waals surface area contributed by atoms with E-state index in [2.05, 4.69) is 25.7 Å². The second-order valence-corrected chi connectivity index (χ2v) is 8.13. The molecule has 158 valence electrons. The fourth-order valence-electron chi connectivity index (χ4n) is 2.93. The van der Waals surface area contributed by atoms with Crippen LogP contribution in [0.15, 0.2) is 82.3 Å². The fraction of sp³-hybridized carbons (Fsp3) is 0.0435. The molecule has 0 atom stereocenters. The highest BCUT2D eigenvalue weighted by Gasteiger charge is 2.11. The van der Waals surface area contributed by atoms with Crippen molar-refractivity contribution >= 4 is 44.5 Å². The van der Waals surface area contributed by atoms with Crippen LogP contribution in [0.3, 0.4) is 0 Å². The first-order valence-corrected chi connectivity index (χ1v) is 10.9. The second kappa shape index (κ2) is 9.17. The number of ether oxygens (including phenoxy) is 1. The van der Waals surface area contributed by atoms with Crippen molar-refractivity contribution in [1.29, 1.82) is 0 Å². The molecule has 0 aliphatic carbocycles. The maximum absolute atomic E-state index is 6.17. The Morgan fingerprint density at radius 1 is 1.00 bits per heavy atom. The Morgan fingerprint density at radius 2 is 1.81 bits per heavy atom. The minimum absolute atomic E-state index is 0.157. The summed E-state index contributed by atoms with van der Waals surface area (Å²) < 4.78 is 12.5. The molecule has 0 amide bonds. The summed E-state index contributed by atoms with van der Waals surface area (Å²) >= 11 is 7.73. The SMILES string of the molecule is Clc1ccccc1-c1nnc(COc2ccc(/C=N/Nc3nc4ccccc4s3)cc2)o1. The Hall–Kier alpha value is -3.75. The molecule has 0 spiro atoms. The predicted octanol–water partition coefficient (Wildman–Crippen LogP) is 6.02. The zero-order chi connectivity index (χ0) is 21.8. The number of thiazole rings is 1. The molecule has 3 aromatic carbocycles. The Balaban J connectivity index is 1.16. The van der Waals surface area contributed by atoms with Gasteiger partial charge in [0.05, 0.1) is 27.0 Å². The van der Waals surface area contributed by atoms with E-state index in [-0.39, 0.29) is 6.61 Å². The van der Waals surface area contributed by atoms with Crippen LogP contribution in [0, 0.1) is 0 Å². The van der Waals surface area contributed by atoms with Crippen molar-refractivity contribution < 1.29 is 9.15 Å². The van der Waals surface area contributed by atoms with Crippen molar-refractivity contribution in [3.8, 4) is 17.2 Å². The molecule has 32 heavy (non-hydrogen) atoms. The largest absolute Gasteiger partial charge is 0.484 e. The number of para-hydroxylation sites is 1. The molecule has 2 heterocycles. The van der Waals surface area contributed by atoms with Crippen LogP contribution < -0.4 is 10.2 Å². The van der Waals surface area contributed by atoms with Gasteiger partial charge in [-0.25, -0.2) is 4.98 Å². The van der Waals surface area contributed by atoms with Crippen molar-refractivity contribution in [1.82, 2.24) is 15.2 Å². The summed E-state index contributed by atoms with van der Waals surface area (Å²) in [5.41, 5.74) is 5.54. The van der Waals surface area contributed by atoms with E-state index in [0.717, 1.165) is 20.9 Å². The number of fused-ring (bicyclic) bond motifs is 1. The van der Waals surface area contributed by atoms with Crippen LogP contribution in [0.5, 0.6) is 5.75 Å². The van der Waals surface area contributed by atoms with Crippen molar-refractivity contribution in [2.24, 2.45) is 5.10 Å². The third kappa shape index (κ3) is 4.61. The lowest BCUT2D eigenvalue weighted by Crippen LogP contribution is -1.96. The highest BCUT2D eigenvalue weighted by atomic mass is 35.5. The smallest absolute Gasteiger partial charge is 0.254 e. The summed E-state index contributed by atoms with van der Waals surface area (Å²) in [5.74, 6) is 1.41. The number of rotatable bonds is 7. The van der Waals surface area contributed by atoms with E-state index >= 15 is 0 Å². The number of benzene rings is 3. The fourth-order valence-corrected chi connectivity index (χ4v) is 3.96. The number of hydrogen-bond acceptors (Lipinski definition) is 8. The topological polar surface area (TPSA) is 85.4 Å². The average molecular weight is 462 g/mol. The summed E-state index contributed by atoms with van der Waals surface area (Å²) in [7, 11) is 0. The first-order chi connectivity index (χ1) is 15.7. The predicted molar refractivity (Wildman–Crippen MR) is 126 cm³/mol. The molecule has 0 radical (unpaired) electrons. The molecule has 7 nitrogen and oxygen atoms in total. The number of anilines is 1. The van der Waals surface area contributed by atoms with Crippen LogP contribution in [0.4, 0.5) is 5.13 Å². The van der Waals surface area contributed by atoms with Gasteiger partial charge in [0.15, 0.2) is 6.61 Å². The highest BCUT2D eigenvalue weighted by Crippen LogP contribution is 2.27. The van der Waals surface area contributed by atoms with Gasteiger partial charge >= 0.3 is 0 Å². The van der Waals surface area contributed by atoms with Crippen LogP contribution in [-0.2, 0) is 6.61 Å². The molecule has 9 heteroatoms. The molecular weight excluding hydrogens is 446 g/mol. The number of nitrogens with one attached hydrogen (secondary N) is 1. The molecule has 0 bridgehead atoms. The van der Waals surface area contributed by atoms with Crippen molar-refractivity contribution in [2.75, 3.05) is 5.43 Å². The van der Waals surface area contributed by atoms with Gasteiger partial charge in [0, 0.05) is 0 Å². The first-order valence-electron chi connectivity index (χ1n) is 9.69. The van der Waals surface area contributed by atoms with Crippen LogP contribution in [0.1, 0.15) is 11.5 Å². The van der Waals surface area contributed by atoms with Gasteiger partial charge in [0.25, 0.3) is 5.89 Å². The van der Waals surface area contributed by atoms with E-state index < -0.39 is 0 Å². The van der Waals surface area contributed by atoms with Gasteiger partial charge < -0.3 is 9.15 Å². The van der Waals surface area contributed by atoms with Gasteiger partial charge in [-0.05, 0) is 54.1 Å². The average Bonchev–Trinajstić information content (AvgIpc) is 3.45. The molecule has 0 fully saturated rings. The lowest BCUT2D eigenvalue weighted by atomic mass is 10.2. The normalized spacial score (nSPS) is 11.3. The van der Waals surface area contributed by atoms with Gasteiger partial charge in [0.2, 0.25) is 11.0 Å². The molecular formula is C23H16ClN5O2S. The maximum Gasteiger partial charge on any atom is 0.254 e. The quantitative estimate of drug-likeness (QED) is 0.235. The van der Waals surface area contributed by atoms with Gasteiger partial charge in [0.1, 0.15) is 5.75 Å². The summed E-state index contributed by atoms with van der Waals surface area (Å²) in [6.07, 6.45) is 1.73. The molecule has 1 N–H and O–H groups in total. The van der Waals surface area contributed by atoms with E-state index in [1.165, 1.54) is 0 Å². The van der Waals surface area contributed by atoms with E-state index in [1.807, 2.05) is 66.7 Å². The number of halogens is 1. The zero-order valence-electron chi connectivity index (χ0n) is 16.6. The minimum atomic E-state index is 0.157. The van der Waals surface area contributed by atoms with Crippen molar-refractivity contribution in [3.63, 3.8) is 0 Å². The summed E-state index contributed by atoms with van der Waals surface area (Å²) in [5, 5.41) is 13.6. The molecule has 0 saturated carbocycles. The number of aromatic nitrogens is 3. The molecule has 0 aliphatic rings. The summed E-state index contributed by atoms with van der Waals surface area (Å²) in [6, 6.07) is 22.8. The van der Waals surface area contributed by atoms with Gasteiger partial charge in [-0.2, -0.15) is 5.10 Å². The van der Waals surface area contributed by atoms with E-state index in [4.69, 9.17) is 20.8 Å². The molecule has 2 aromatic heterocycles.